The Kier molecular flexibility index (Phi) is 5.48. The molecule has 2 aromatic carbocycles. The van der Waals surface area contributed by atoms with Gasteiger partial charge in [-0.25, -0.2) is 13.1 Å². The number of amides is 1. The number of anilines is 2. The number of sulfonamides is 1. The van der Waals surface area contributed by atoms with Gasteiger partial charge in [-0.1, -0.05) is 18.2 Å². The number of piperidine rings is 1. The van der Waals surface area contributed by atoms with Crippen LogP contribution in [0.2, 0.25) is 0 Å². The molecule has 0 saturated carbocycles. The first-order chi connectivity index (χ1) is 14.4. The molecule has 1 aromatic heterocycles. The molecule has 0 radical (unpaired) electrons. The molecule has 1 fully saturated rings. The molecule has 0 unspecified atom stereocenters. The van der Waals surface area contributed by atoms with Crippen molar-refractivity contribution in [2.75, 3.05) is 30.4 Å². The zero-order valence-electron chi connectivity index (χ0n) is 16.9. The van der Waals surface area contributed by atoms with Crippen LogP contribution in [0.4, 0.5) is 11.7 Å². The van der Waals surface area contributed by atoms with Crippen LogP contribution in [-0.4, -0.2) is 39.4 Å². The average molecular weight is 429 g/mol. The van der Waals surface area contributed by atoms with Gasteiger partial charge in [-0.2, -0.15) is 4.98 Å². The number of fused-ring (bicyclic) bond motifs is 1. The first kappa shape index (κ1) is 20.4. The number of benzene rings is 2. The second-order valence-electron chi connectivity index (χ2n) is 7.40. The van der Waals surface area contributed by atoms with Gasteiger partial charge in [0.2, 0.25) is 15.9 Å². The van der Waals surface area contributed by atoms with E-state index in [0.717, 1.165) is 11.1 Å². The fraction of sp³-hybridized carbons (Fsp3) is 0.333. The number of hydrogen-bond acceptors (Lipinski definition) is 6. The van der Waals surface area contributed by atoms with Crippen LogP contribution in [0.25, 0.3) is 11.1 Å². The Morgan fingerprint density at radius 1 is 1.17 bits per heavy atom. The van der Waals surface area contributed by atoms with Crippen molar-refractivity contribution in [3.63, 3.8) is 0 Å². The molecule has 2 N–H and O–H groups in total. The molecular weight excluding hydrogens is 404 g/mol. The van der Waals surface area contributed by atoms with Crippen molar-refractivity contribution in [1.82, 2.24) is 9.71 Å². The number of nitrogens with one attached hydrogen (secondary N) is 2. The lowest BCUT2D eigenvalue weighted by atomic mass is 9.96. The number of carbonyl (C=O) groups excluding carboxylic acids is 1. The van der Waals surface area contributed by atoms with Gasteiger partial charge in [0.05, 0.1) is 4.90 Å². The molecule has 9 heteroatoms. The molecular formula is C21H24N4O4S. The van der Waals surface area contributed by atoms with Crippen molar-refractivity contribution < 1.29 is 17.6 Å². The lowest BCUT2D eigenvalue weighted by molar-refractivity contribution is -0.120. The number of oxazole rings is 1. The Morgan fingerprint density at radius 3 is 2.60 bits per heavy atom. The quantitative estimate of drug-likeness (QED) is 0.648. The van der Waals surface area contributed by atoms with Crippen LogP contribution in [0.3, 0.4) is 0 Å². The third-order valence-electron chi connectivity index (χ3n) is 5.43. The highest BCUT2D eigenvalue weighted by Gasteiger charge is 2.27. The van der Waals surface area contributed by atoms with E-state index in [1.165, 1.54) is 13.1 Å². The van der Waals surface area contributed by atoms with E-state index < -0.39 is 10.0 Å². The van der Waals surface area contributed by atoms with Crippen LogP contribution in [0.1, 0.15) is 18.4 Å². The Hall–Kier alpha value is -2.91. The normalized spacial score (nSPS) is 15.5. The van der Waals surface area contributed by atoms with Crippen molar-refractivity contribution in [3.05, 3.63) is 48.0 Å². The van der Waals surface area contributed by atoms with Crippen LogP contribution in [0, 0.1) is 12.8 Å². The van der Waals surface area contributed by atoms with Gasteiger partial charge in [-0.05, 0) is 56.6 Å². The van der Waals surface area contributed by atoms with E-state index in [-0.39, 0.29) is 16.7 Å². The standard InChI is InChI=1S/C21H24N4O4S/c1-14-7-8-16(13-19(14)30(27,28)22-2)23-20(26)15-9-11-25(12-10-15)21-24-17-5-3-4-6-18(17)29-21/h3-8,13,15,22H,9-12H2,1-2H3,(H,23,26). The predicted octanol–water partition coefficient (Wildman–Crippen LogP) is 2.90. The topological polar surface area (TPSA) is 105 Å². The van der Waals surface area contributed by atoms with Gasteiger partial charge in [0.25, 0.3) is 6.01 Å². The van der Waals surface area contributed by atoms with Gasteiger partial charge < -0.3 is 14.6 Å². The van der Waals surface area contributed by atoms with Gasteiger partial charge in [-0.3, -0.25) is 4.79 Å². The summed E-state index contributed by atoms with van der Waals surface area (Å²) >= 11 is 0. The van der Waals surface area contributed by atoms with E-state index in [4.69, 9.17) is 4.42 Å². The van der Waals surface area contributed by atoms with Crippen molar-refractivity contribution in [3.8, 4) is 0 Å². The summed E-state index contributed by atoms with van der Waals surface area (Å²) in [6, 6.07) is 13.1. The van der Waals surface area contributed by atoms with Crippen LogP contribution >= 0.6 is 0 Å². The molecule has 1 aliphatic rings. The van der Waals surface area contributed by atoms with Gasteiger partial charge in [-0.15, -0.1) is 0 Å². The molecule has 4 rings (SSSR count). The third kappa shape index (κ3) is 4.03. The summed E-state index contributed by atoms with van der Waals surface area (Å²) in [5.74, 6) is -0.264. The number of aromatic nitrogens is 1. The Morgan fingerprint density at radius 2 is 1.90 bits per heavy atom. The second-order valence-corrected chi connectivity index (χ2v) is 9.26. The SMILES string of the molecule is CNS(=O)(=O)c1cc(NC(=O)C2CCN(c3nc4ccccc4o3)CC2)ccc1C. The van der Waals surface area contributed by atoms with E-state index >= 15 is 0 Å². The van der Waals surface area contributed by atoms with E-state index in [9.17, 15) is 13.2 Å². The number of rotatable bonds is 5. The third-order valence-corrected chi connectivity index (χ3v) is 6.99. The minimum atomic E-state index is -3.59. The highest BCUT2D eigenvalue weighted by molar-refractivity contribution is 7.89. The monoisotopic (exact) mass is 428 g/mol. The summed E-state index contributed by atoms with van der Waals surface area (Å²) in [5, 5.41) is 2.86. The fourth-order valence-electron chi connectivity index (χ4n) is 3.65. The lowest BCUT2D eigenvalue weighted by Crippen LogP contribution is -2.38. The highest BCUT2D eigenvalue weighted by Crippen LogP contribution is 2.27. The largest absolute Gasteiger partial charge is 0.423 e. The number of carbonyl (C=O) groups is 1. The smallest absolute Gasteiger partial charge is 0.298 e. The van der Waals surface area contributed by atoms with Gasteiger partial charge in [0, 0.05) is 24.7 Å². The molecule has 1 amide bonds. The predicted molar refractivity (Wildman–Crippen MR) is 115 cm³/mol. The second kappa shape index (κ2) is 8.08. The fourth-order valence-corrected chi connectivity index (χ4v) is 4.64. The summed E-state index contributed by atoms with van der Waals surface area (Å²) in [4.78, 5) is 19.5. The van der Waals surface area contributed by atoms with E-state index in [2.05, 4.69) is 15.0 Å². The average Bonchev–Trinajstić information content (AvgIpc) is 3.19. The van der Waals surface area contributed by atoms with Gasteiger partial charge >= 0.3 is 0 Å². The summed E-state index contributed by atoms with van der Waals surface area (Å²) in [6.45, 7) is 3.05. The maximum atomic E-state index is 12.7. The summed E-state index contributed by atoms with van der Waals surface area (Å²) < 4.78 is 32.4. The van der Waals surface area contributed by atoms with E-state index in [0.29, 0.717) is 43.2 Å². The molecule has 1 aliphatic heterocycles. The van der Waals surface area contributed by atoms with Crippen molar-refractivity contribution in [1.29, 1.82) is 0 Å². The molecule has 158 valence electrons. The molecule has 3 aromatic rings. The number of para-hydroxylation sites is 2. The Balaban J connectivity index is 1.40. The van der Waals surface area contributed by atoms with E-state index in [1.54, 1.807) is 19.1 Å². The number of aryl methyl sites for hydroxylation is 1. The van der Waals surface area contributed by atoms with Gasteiger partial charge in [0.15, 0.2) is 5.58 Å². The van der Waals surface area contributed by atoms with Crippen LogP contribution in [-0.2, 0) is 14.8 Å². The van der Waals surface area contributed by atoms with Crippen LogP contribution < -0.4 is 14.9 Å². The minimum Gasteiger partial charge on any atom is -0.423 e. The molecule has 0 aliphatic carbocycles. The molecule has 0 atom stereocenters. The zero-order valence-corrected chi connectivity index (χ0v) is 17.7. The lowest BCUT2D eigenvalue weighted by Gasteiger charge is -2.30. The van der Waals surface area contributed by atoms with Crippen molar-refractivity contribution in [2.24, 2.45) is 5.92 Å². The summed E-state index contributed by atoms with van der Waals surface area (Å²) in [5.41, 5.74) is 2.66. The molecule has 30 heavy (non-hydrogen) atoms. The molecule has 2 heterocycles. The first-order valence-corrected chi connectivity index (χ1v) is 11.3. The number of hydrogen-bond donors (Lipinski definition) is 2. The maximum absolute atomic E-state index is 12.7. The molecule has 0 bridgehead atoms. The maximum Gasteiger partial charge on any atom is 0.298 e. The highest BCUT2D eigenvalue weighted by atomic mass is 32.2. The molecule has 8 nitrogen and oxygen atoms in total. The molecule has 0 spiro atoms. The summed E-state index contributed by atoms with van der Waals surface area (Å²) in [7, 11) is -2.22. The first-order valence-electron chi connectivity index (χ1n) is 9.83. The van der Waals surface area contributed by atoms with Crippen molar-refractivity contribution >= 4 is 38.7 Å². The molecule has 1 saturated heterocycles. The summed E-state index contributed by atoms with van der Waals surface area (Å²) in [6.07, 6.45) is 1.33. The Labute approximate surface area is 175 Å². The van der Waals surface area contributed by atoms with Crippen LogP contribution in [0.5, 0.6) is 0 Å². The zero-order chi connectivity index (χ0) is 21.3. The van der Waals surface area contributed by atoms with E-state index in [1.807, 2.05) is 29.2 Å². The van der Waals surface area contributed by atoms with Gasteiger partial charge in [0.1, 0.15) is 5.52 Å². The van der Waals surface area contributed by atoms with Crippen molar-refractivity contribution in [2.45, 2.75) is 24.7 Å². The minimum absolute atomic E-state index is 0.108. The Bertz CT molecular complexity index is 1150. The number of nitrogens with zero attached hydrogens (tertiary/aromatic N) is 2. The van der Waals surface area contributed by atoms with Crippen LogP contribution in [0.15, 0.2) is 51.8 Å².